The fourth-order valence-corrected chi connectivity index (χ4v) is 3.83. The van der Waals surface area contributed by atoms with Crippen LogP contribution in [-0.2, 0) is 6.42 Å². The summed E-state index contributed by atoms with van der Waals surface area (Å²) in [6, 6.07) is 18.7. The summed E-state index contributed by atoms with van der Waals surface area (Å²) in [6.07, 6.45) is 1.03. The van der Waals surface area contributed by atoms with Crippen molar-refractivity contribution in [1.82, 2.24) is 5.43 Å². The van der Waals surface area contributed by atoms with Crippen molar-refractivity contribution in [2.24, 2.45) is 10.1 Å². The number of hydrogen-bond acceptors (Lipinski definition) is 4. The van der Waals surface area contributed by atoms with Crippen LogP contribution in [0.15, 0.2) is 74.5 Å². The molecule has 0 bridgehead atoms. The zero-order valence-electron chi connectivity index (χ0n) is 13.7. The fraction of sp³-hybridized carbons (Fsp3) is 0.100. The fourth-order valence-electron chi connectivity index (χ4n) is 2.74. The number of amidine groups is 1. The van der Waals surface area contributed by atoms with Crippen LogP contribution in [0.1, 0.15) is 28.5 Å². The molecule has 3 aromatic rings. The Kier molecular flexibility index (Phi) is 4.51. The van der Waals surface area contributed by atoms with Gasteiger partial charge in [0, 0.05) is 15.6 Å². The topological polar surface area (TPSA) is 36.8 Å². The molecule has 5 heteroatoms. The van der Waals surface area contributed by atoms with Gasteiger partial charge in [0.2, 0.25) is 0 Å². The van der Waals surface area contributed by atoms with Gasteiger partial charge >= 0.3 is 0 Å². The standard InChI is InChI=1S/C20H16BrN3S/c1-2-13-5-7-14(8-6-13)20-22-17-10-9-15(21)12-16(17)19(23-24-20)18-4-3-11-25-18/h3-12H,2H2,1H3,(H,22,24). The molecule has 124 valence electrons. The number of hydrogen-bond donors (Lipinski definition) is 1. The van der Waals surface area contributed by atoms with Crippen LogP contribution in [0.5, 0.6) is 0 Å². The second kappa shape index (κ2) is 6.94. The molecule has 2 heterocycles. The minimum atomic E-state index is 0.762. The summed E-state index contributed by atoms with van der Waals surface area (Å²) in [5.74, 6) is 0.762. The summed E-state index contributed by atoms with van der Waals surface area (Å²) >= 11 is 5.24. The molecule has 0 amide bonds. The van der Waals surface area contributed by atoms with Crippen molar-refractivity contribution in [3.05, 3.63) is 86.0 Å². The highest BCUT2D eigenvalue weighted by atomic mass is 79.9. The smallest absolute Gasteiger partial charge is 0.154 e. The normalized spacial score (nSPS) is 13.4. The van der Waals surface area contributed by atoms with Crippen molar-refractivity contribution in [2.75, 3.05) is 0 Å². The summed E-state index contributed by atoms with van der Waals surface area (Å²) in [7, 11) is 0. The van der Waals surface area contributed by atoms with Crippen LogP contribution in [0.4, 0.5) is 5.69 Å². The quantitative estimate of drug-likeness (QED) is 0.608. The number of nitrogens with one attached hydrogen (secondary N) is 1. The Morgan fingerprint density at radius 3 is 2.64 bits per heavy atom. The lowest BCUT2D eigenvalue weighted by Crippen LogP contribution is -2.19. The summed E-state index contributed by atoms with van der Waals surface area (Å²) in [5.41, 5.74) is 8.35. The molecule has 25 heavy (non-hydrogen) atoms. The highest BCUT2D eigenvalue weighted by Gasteiger charge is 2.18. The molecule has 0 unspecified atom stereocenters. The molecule has 0 fully saturated rings. The third-order valence-electron chi connectivity index (χ3n) is 4.11. The van der Waals surface area contributed by atoms with E-state index in [9.17, 15) is 0 Å². The number of aliphatic imine (C=N–C) groups is 1. The van der Waals surface area contributed by atoms with E-state index in [0.717, 1.165) is 44.1 Å². The number of aryl methyl sites for hydroxylation is 1. The van der Waals surface area contributed by atoms with E-state index in [4.69, 9.17) is 4.99 Å². The van der Waals surface area contributed by atoms with Crippen molar-refractivity contribution >= 4 is 44.5 Å². The molecule has 1 aliphatic heterocycles. The highest BCUT2D eigenvalue weighted by molar-refractivity contribution is 9.10. The molecular weight excluding hydrogens is 394 g/mol. The number of thiophene rings is 1. The summed E-state index contributed by atoms with van der Waals surface area (Å²) in [6.45, 7) is 2.15. The van der Waals surface area contributed by atoms with E-state index in [-0.39, 0.29) is 0 Å². The lowest BCUT2D eigenvalue weighted by atomic mass is 10.1. The Hall–Kier alpha value is -2.24. The molecule has 0 saturated heterocycles. The minimum absolute atomic E-state index is 0.762. The van der Waals surface area contributed by atoms with Gasteiger partial charge < -0.3 is 0 Å². The average Bonchev–Trinajstić information content (AvgIpc) is 3.10. The molecule has 0 aliphatic carbocycles. The first kappa shape index (κ1) is 16.2. The molecule has 0 saturated carbocycles. The van der Waals surface area contributed by atoms with Crippen LogP contribution in [0, 0.1) is 0 Å². The summed E-state index contributed by atoms with van der Waals surface area (Å²) in [5, 5.41) is 6.74. The maximum atomic E-state index is 4.84. The van der Waals surface area contributed by atoms with Crippen molar-refractivity contribution < 1.29 is 0 Å². The maximum Gasteiger partial charge on any atom is 0.154 e. The van der Waals surface area contributed by atoms with E-state index >= 15 is 0 Å². The second-order valence-electron chi connectivity index (χ2n) is 5.72. The molecule has 2 aromatic carbocycles. The Morgan fingerprint density at radius 1 is 1.08 bits per heavy atom. The van der Waals surface area contributed by atoms with Gasteiger partial charge in [0.1, 0.15) is 5.71 Å². The van der Waals surface area contributed by atoms with Crippen molar-refractivity contribution in [1.29, 1.82) is 0 Å². The lowest BCUT2D eigenvalue weighted by molar-refractivity contribution is 1.03. The number of fused-ring (bicyclic) bond motifs is 1. The van der Waals surface area contributed by atoms with Gasteiger partial charge in [-0.3, -0.25) is 5.43 Å². The average molecular weight is 410 g/mol. The molecule has 0 spiro atoms. The Labute approximate surface area is 159 Å². The number of halogens is 1. The van der Waals surface area contributed by atoms with Crippen LogP contribution < -0.4 is 5.43 Å². The van der Waals surface area contributed by atoms with E-state index < -0.39 is 0 Å². The van der Waals surface area contributed by atoms with Crippen molar-refractivity contribution in [3.63, 3.8) is 0 Å². The van der Waals surface area contributed by atoms with Crippen LogP contribution in [0.25, 0.3) is 0 Å². The number of rotatable bonds is 3. The zero-order chi connectivity index (χ0) is 17.2. The largest absolute Gasteiger partial charge is 0.260 e. The highest BCUT2D eigenvalue weighted by Crippen LogP contribution is 2.29. The van der Waals surface area contributed by atoms with Crippen LogP contribution in [0.2, 0.25) is 0 Å². The molecule has 0 atom stereocenters. The predicted octanol–water partition coefficient (Wildman–Crippen LogP) is 5.51. The monoisotopic (exact) mass is 409 g/mol. The lowest BCUT2D eigenvalue weighted by Gasteiger charge is -2.06. The van der Waals surface area contributed by atoms with Crippen molar-refractivity contribution in [2.45, 2.75) is 13.3 Å². The molecule has 0 radical (unpaired) electrons. The Bertz CT molecular complexity index is 957. The number of hydrazone groups is 1. The zero-order valence-corrected chi connectivity index (χ0v) is 16.1. The number of nitrogens with zero attached hydrogens (tertiary/aromatic N) is 2. The minimum Gasteiger partial charge on any atom is -0.260 e. The Balaban J connectivity index is 1.83. The molecule has 1 aromatic heterocycles. The summed E-state index contributed by atoms with van der Waals surface area (Å²) < 4.78 is 1.02. The molecular formula is C20H16BrN3S. The number of benzene rings is 2. The summed E-state index contributed by atoms with van der Waals surface area (Å²) in [4.78, 5) is 5.96. The van der Waals surface area contributed by atoms with Gasteiger partial charge in [0.05, 0.1) is 10.6 Å². The van der Waals surface area contributed by atoms with Gasteiger partial charge in [-0.05, 0) is 41.6 Å². The van der Waals surface area contributed by atoms with Gasteiger partial charge in [-0.25, -0.2) is 4.99 Å². The predicted molar refractivity (Wildman–Crippen MR) is 109 cm³/mol. The molecule has 3 nitrogen and oxygen atoms in total. The van der Waals surface area contributed by atoms with Crippen molar-refractivity contribution in [3.8, 4) is 0 Å². The van der Waals surface area contributed by atoms with E-state index in [2.05, 4.69) is 75.2 Å². The van der Waals surface area contributed by atoms with E-state index in [1.807, 2.05) is 18.2 Å². The third kappa shape index (κ3) is 3.30. The van der Waals surface area contributed by atoms with Gasteiger partial charge in [-0.15, -0.1) is 11.3 Å². The van der Waals surface area contributed by atoms with Gasteiger partial charge in [-0.1, -0.05) is 53.2 Å². The SMILES string of the molecule is CCc1ccc(C2=Nc3ccc(Br)cc3C(c3cccs3)=NN2)cc1. The van der Waals surface area contributed by atoms with E-state index in [1.165, 1.54) is 5.56 Å². The van der Waals surface area contributed by atoms with Crippen LogP contribution in [-0.4, -0.2) is 11.5 Å². The second-order valence-corrected chi connectivity index (χ2v) is 7.59. The molecule has 1 aliphatic rings. The first-order valence-corrected chi connectivity index (χ1v) is 9.77. The third-order valence-corrected chi connectivity index (χ3v) is 5.48. The van der Waals surface area contributed by atoms with E-state index in [1.54, 1.807) is 11.3 Å². The molecule has 4 rings (SSSR count). The van der Waals surface area contributed by atoms with Gasteiger partial charge in [0.15, 0.2) is 5.84 Å². The Morgan fingerprint density at radius 2 is 1.92 bits per heavy atom. The first-order chi connectivity index (χ1) is 12.2. The first-order valence-electron chi connectivity index (χ1n) is 8.10. The molecule has 1 N–H and O–H groups in total. The van der Waals surface area contributed by atoms with Crippen LogP contribution >= 0.6 is 27.3 Å². The van der Waals surface area contributed by atoms with Gasteiger partial charge in [-0.2, -0.15) is 5.10 Å². The van der Waals surface area contributed by atoms with E-state index in [0.29, 0.717) is 0 Å². The van der Waals surface area contributed by atoms with Gasteiger partial charge in [0.25, 0.3) is 0 Å². The maximum absolute atomic E-state index is 4.84. The van der Waals surface area contributed by atoms with Crippen LogP contribution in [0.3, 0.4) is 0 Å².